The molecule has 0 heterocycles. The van der Waals surface area contributed by atoms with Crippen LogP contribution in [-0.4, -0.2) is 0 Å². The maximum Gasteiger partial charge on any atom is 0.0601 e. The van der Waals surface area contributed by atoms with Gasteiger partial charge in [0.05, 0.1) is 3.39 Å². The molecule has 0 aromatic heterocycles. The van der Waals surface area contributed by atoms with E-state index in [9.17, 15) is 0 Å². The largest absolute Gasteiger partial charge is 0.0601 e. The van der Waals surface area contributed by atoms with Crippen LogP contribution in [0.2, 0.25) is 0 Å². The molecule has 0 amide bonds. The third-order valence-corrected chi connectivity index (χ3v) is 5.15. The van der Waals surface area contributed by atoms with Crippen LogP contribution in [0, 0.1) is 23.7 Å². The highest BCUT2D eigenvalue weighted by Crippen LogP contribution is 2.57. The lowest BCUT2D eigenvalue weighted by molar-refractivity contribution is 0.0699. The zero-order valence-electron chi connectivity index (χ0n) is 7.60. The summed E-state index contributed by atoms with van der Waals surface area (Å²) in [5, 5.41) is 0. The van der Waals surface area contributed by atoms with Crippen molar-refractivity contribution in [1.29, 1.82) is 0 Å². The predicted octanol–water partition coefficient (Wildman–Crippen LogP) is 4.44. The van der Waals surface area contributed by atoms with E-state index in [4.69, 9.17) is 0 Å². The van der Waals surface area contributed by atoms with Gasteiger partial charge in [0.1, 0.15) is 0 Å². The minimum atomic E-state index is 0.921. The van der Waals surface area contributed by atoms with Crippen LogP contribution >= 0.6 is 31.9 Å². The van der Waals surface area contributed by atoms with Gasteiger partial charge >= 0.3 is 0 Å². The Morgan fingerprint density at radius 2 is 1.31 bits per heavy atom. The van der Waals surface area contributed by atoms with E-state index >= 15 is 0 Å². The molecule has 4 rings (SSSR count). The average Bonchev–Trinajstić information content (AvgIpc) is 2.00. The highest BCUT2D eigenvalue weighted by Gasteiger charge is 2.45. The lowest BCUT2D eigenvalue weighted by Crippen LogP contribution is -2.40. The molecule has 0 radical (unpaired) electrons. The van der Waals surface area contributed by atoms with Crippen molar-refractivity contribution in [2.75, 3.05) is 0 Å². The second-order valence-corrected chi connectivity index (χ2v) is 7.67. The fourth-order valence-corrected chi connectivity index (χ4v) is 5.30. The first-order valence-electron chi connectivity index (χ1n) is 5.29. The zero-order chi connectivity index (χ0) is 9.00. The Morgan fingerprint density at radius 3 is 1.69 bits per heavy atom. The topological polar surface area (TPSA) is 0 Å². The van der Waals surface area contributed by atoms with Crippen LogP contribution in [0.3, 0.4) is 0 Å². The van der Waals surface area contributed by atoms with Gasteiger partial charge in [0.2, 0.25) is 0 Å². The molecule has 0 aliphatic heterocycles. The lowest BCUT2D eigenvalue weighted by atomic mass is 9.54. The normalized spacial score (nSPS) is 47.1. The van der Waals surface area contributed by atoms with E-state index in [2.05, 4.69) is 31.9 Å². The third-order valence-electron chi connectivity index (χ3n) is 4.24. The molecule has 0 aromatic carbocycles. The predicted molar refractivity (Wildman–Crippen MR) is 61.9 cm³/mol. The van der Waals surface area contributed by atoms with Crippen LogP contribution in [0.15, 0.2) is 8.96 Å². The maximum absolute atomic E-state index is 3.62. The molecule has 4 fully saturated rings. The summed E-state index contributed by atoms with van der Waals surface area (Å²) >= 11 is 7.25. The van der Waals surface area contributed by atoms with E-state index in [0.29, 0.717) is 0 Å². The fourth-order valence-electron chi connectivity index (χ4n) is 4.00. The Morgan fingerprint density at radius 1 is 0.846 bits per heavy atom. The Bertz CT molecular complexity index is 233. The van der Waals surface area contributed by atoms with Gasteiger partial charge in [0.25, 0.3) is 0 Å². The van der Waals surface area contributed by atoms with Crippen molar-refractivity contribution in [3.05, 3.63) is 8.96 Å². The molecule has 0 spiro atoms. The number of rotatable bonds is 0. The number of hydrogen-bond donors (Lipinski definition) is 0. The summed E-state index contributed by atoms with van der Waals surface area (Å²) in [6.07, 6.45) is 7.44. The lowest BCUT2D eigenvalue weighted by Gasteiger charge is -2.51. The first kappa shape index (κ1) is 8.96. The summed E-state index contributed by atoms with van der Waals surface area (Å²) in [6.45, 7) is 0. The summed E-state index contributed by atoms with van der Waals surface area (Å²) in [6, 6.07) is 0. The molecular weight excluding hydrogens is 292 g/mol. The van der Waals surface area contributed by atoms with Crippen LogP contribution in [0.5, 0.6) is 0 Å². The molecule has 4 aliphatic carbocycles. The van der Waals surface area contributed by atoms with Gasteiger partial charge < -0.3 is 0 Å². The van der Waals surface area contributed by atoms with Gasteiger partial charge in [-0.3, -0.25) is 0 Å². The Balaban J connectivity index is 1.98. The molecule has 4 aliphatic rings. The quantitative estimate of drug-likeness (QED) is 0.620. The Kier molecular flexibility index (Phi) is 2.13. The highest BCUT2D eigenvalue weighted by atomic mass is 79.9. The standard InChI is InChI=1S/C11H14Br2/c12-11(13)10-8-2-6-1-7(4-8)5-9(10)3-6/h6-9H,1-5H2. The summed E-state index contributed by atoms with van der Waals surface area (Å²) in [5.74, 6) is 3.99. The minimum absolute atomic E-state index is 0.921. The zero-order valence-corrected chi connectivity index (χ0v) is 10.8. The first-order valence-corrected chi connectivity index (χ1v) is 6.87. The van der Waals surface area contributed by atoms with Gasteiger partial charge in [0, 0.05) is 0 Å². The van der Waals surface area contributed by atoms with Gasteiger partial charge in [-0.25, -0.2) is 0 Å². The molecule has 0 nitrogen and oxygen atoms in total. The van der Waals surface area contributed by atoms with Crippen LogP contribution in [0.1, 0.15) is 32.1 Å². The van der Waals surface area contributed by atoms with Gasteiger partial charge in [-0.05, 0) is 93.2 Å². The molecule has 0 unspecified atom stereocenters. The maximum atomic E-state index is 3.62. The van der Waals surface area contributed by atoms with Crippen LogP contribution in [0.25, 0.3) is 0 Å². The van der Waals surface area contributed by atoms with Crippen molar-refractivity contribution in [1.82, 2.24) is 0 Å². The third kappa shape index (κ3) is 1.36. The molecule has 4 bridgehead atoms. The summed E-state index contributed by atoms with van der Waals surface area (Å²) in [7, 11) is 0. The first-order chi connectivity index (χ1) is 6.24. The van der Waals surface area contributed by atoms with E-state index < -0.39 is 0 Å². The van der Waals surface area contributed by atoms with Crippen LogP contribution < -0.4 is 0 Å². The molecule has 0 aromatic rings. The van der Waals surface area contributed by atoms with Gasteiger partial charge in [-0.15, -0.1) is 0 Å². The molecule has 2 heteroatoms. The summed E-state index contributed by atoms with van der Waals surface area (Å²) in [5.41, 5.74) is 1.72. The van der Waals surface area contributed by atoms with Crippen molar-refractivity contribution >= 4 is 31.9 Å². The molecule has 13 heavy (non-hydrogen) atoms. The molecule has 4 saturated carbocycles. The minimum Gasteiger partial charge on any atom is -0.0475 e. The number of allylic oxidation sites excluding steroid dienone is 1. The van der Waals surface area contributed by atoms with E-state index in [-0.39, 0.29) is 0 Å². The molecule has 0 saturated heterocycles. The van der Waals surface area contributed by atoms with Crippen molar-refractivity contribution in [3.63, 3.8) is 0 Å². The van der Waals surface area contributed by atoms with Crippen molar-refractivity contribution in [2.24, 2.45) is 23.7 Å². The number of hydrogen-bond acceptors (Lipinski definition) is 0. The summed E-state index contributed by atoms with van der Waals surface area (Å²) < 4.78 is 1.27. The number of halogens is 2. The molecular formula is C11H14Br2. The highest BCUT2D eigenvalue weighted by molar-refractivity contribution is 9.28. The second-order valence-electron chi connectivity index (χ2n) is 5.02. The molecule has 72 valence electrons. The van der Waals surface area contributed by atoms with Crippen molar-refractivity contribution in [3.8, 4) is 0 Å². The van der Waals surface area contributed by atoms with Crippen molar-refractivity contribution in [2.45, 2.75) is 32.1 Å². The Hall–Kier alpha value is 0.700. The summed E-state index contributed by atoms with van der Waals surface area (Å²) in [4.78, 5) is 0. The van der Waals surface area contributed by atoms with Crippen LogP contribution in [-0.2, 0) is 0 Å². The molecule has 0 atom stereocenters. The van der Waals surface area contributed by atoms with Gasteiger partial charge in [-0.2, -0.15) is 0 Å². The second kappa shape index (κ2) is 3.10. The van der Waals surface area contributed by atoms with E-state index in [1.807, 2.05) is 0 Å². The van der Waals surface area contributed by atoms with Gasteiger partial charge in [0.15, 0.2) is 0 Å². The van der Waals surface area contributed by atoms with E-state index in [1.54, 1.807) is 12.0 Å². The van der Waals surface area contributed by atoms with E-state index in [1.165, 1.54) is 29.1 Å². The smallest absolute Gasteiger partial charge is 0.0475 e. The Labute approximate surface area is 96.4 Å². The fraction of sp³-hybridized carbons (Fsp3) is 0.818. The van der Waals surface area contributed by atoms with Crippen LogP contribution in [0.4, 0.5) is 0 Å². The monoisotopic (exact) mass is 304 g/mol. The van der Waals surface area contributed by atoms with Gasteiger partial charge in [-0.1, -0.05) is 0 Å². The van der Waals surface area contributed by atoms with Crippen molar-refractivity contribution < 1.29 is 0 Å². The SMILES string of the molecule is BrC(Br)=C1C2CC3CC(C2)CC1C3. The molecule has 0 N–H and O–H groups in total. The van der Waals surface area contributed by atoms with E-state index in [0.717, 1.165) is 23.7 Å². The average molecular weight is 306 g/mol.